The van der Waals surface area contributed by atoms with Crippen LogP contribution in [0.1, 0.15) is 37.0 Å². The number of alkyl halides is 3. The summed E-state index contributed by atoms with van der Waals surface area (Å²) in [6.07, 6.45) is -3.78. The fraction of sp³-hybridized carbons (Fsp3) is 0.333. The highest BCUT2D eigenvalue weighted by Gasteiger charge is 2.40. The maximum Gasteiger partial charge on any atom is 0.408 e. The number of carbonyl (C=O) groups excluding carboxylic acids is 2. The molecule has 4 rings (SSSR count). The fourth-order valence-electron chi connectivity index (χ4n) is 4.07. The van der Waals surface area contributed by atoms with Crippen molar-refractivity contribution in [3.8, 4) is 5.69 Å². The molecule has 0 radical (unpaired) electrons. The number of halogens is 5. The van der Waals surface area contributed by atoms with E-state index in [4.69, 9.17) is 0 Å². The van der Waals surface area contributed by atoms with Gasteiger partial charge in [-0.05, 0) is 37.1 Å². The molecule has 2 amide bonds. The number of amides is 2. The monoisotopic (exact) mass is 508 g/mol. The fourth-order valence-corrected chi connectivity index (χ4v) is 4.07. The lowest BCUT2D eigenvalue weighted by Crippen LogP contribution is -2.46. The predicted octanol–water partition coefficient (Wildman–Crippen LogP) is 4.11. The molecule has 2 atom stereocenters. The van der Waals surface area contributed by atoms with Gasteiger partial charge in [0.15, 0.2) is 5.65 Å². The zero-order valence-electron chi connectivity index (χ0n) is 19.2. The number of benzene rings is 1. The summed E-state index contributed by atoms with van der Waals surface area (Å²) in [7, 11) is 0. The second-order valence-electron chi connectivity index (χ2n) is 8.53. The van der Waals surface area contributed by atoms with Crippen molar-refractivity contribution < 1.29 is 31.5 Å². The average Bonchev–Trinajstić information content (AvgIpc) is 3.15. The number of hydrogen-bond acceptors (Lipinski definition) is 4. The summed E-state index contributed by atoms with van der Waals surface area (Å²) in [6.45, 7) is 3.34. The minimum atomic E-state index is -4.75. The normalized spacial score (nSPS) is 17.0. The van der Waals surface area contributed by atoms with Gasteiger partial charge in [0.05, 0.1) is 11.1 Å². The van der Waals surface area contributed by atoms with Crippen molar-refractivity contribution in [1.29, 1.82) is 0 Å². The molecule has 1 aliphatic rings. The van der Waals surface area contributed by atoms with Gasteiger partial charge in [-0.15, -0.1) is 0 Å². The minimum Gasteiger partial charge on any atom is -0.340 e. The molecule has 190 valence electrons. The van der Waals surface area contributed by atoms with Gasteiger partial charge in [0, 0.05) is 24.7 Å². The summed E-state index contributed by atoms with van der Waals surface area (Å²) in [6, 6.07) is 2.99. The zero-order chi connectivity index (χ0) is 26.4. The van der Waals surface area contributed by atoms with Gasteiger partial charge in [0.2, 0.25) is 11.3 Å². The Morgan fingerprint density at radius 1 is 1.19 bits per heavy atom. The number of nitrogens with one attached hydrogen (secondary N) is 1. The quantitative estimate of drug-likeness (QED) is 0.526. The molecule has 1 N–H and O–H groups in total. The van der Waals surface area contributed by atoms with Crippen LogP contribution >= 0.6 is 0 Å². The van der Waals surface area contributed by atoms with E-state index < -0.39 is 47.2 Å². The smallest absolute Gasteiger partial charge is 0.340 e. The lowest BCUT2D eigenvalue weighted by atomic mass is 10.1. The molecule has 1 fully saturated rings. The number of nitrogens with zero attached hydrogens (tertiary/aromatic N) is 3. The number of anilines is 1. The summed E-state index contributed by atoms with van der Waals surface area (Å²) >= 11 is 0. The van der Waals surface area contributed by atoms with E-state index in [0.29, 0.717) is 19.0 Å². The van der Waals surface area contributed by atoms with Crippen molar-refractivity contribution in [1.82, 2.24) is 14.9 Å². The Hall–Kier alpha value is -3.83. The lowest BCUT2D eigenvalue weighted by Gasteiger charge is -2.21. The Kier molecular flexibility index (Phi) is 6.54. The third kappa shape index (κ3) is 4.54. The van der Waals surface area contributed by atoms with Gasteiger partial charge in [-0.3, -0.25) is 23.9 Å². The summed E-state index contributed by atoms with van der Waals surface area (Å²) in [4.78, 5) is 44.1. The van der Waals surface area contributed by atoms with Crippen molar-refractivity contribution in [2.24, 2.45) is 5.92 Å². The van der Waals surface area contributed by atoms with Crippen LogP contribution < -0.4 is 15.6 Å². The lowest BCUT2D eigenvalue weighted by molar-refractivity contribution is -0.153. The molecule has 1 aromatic carbocycles. The molecular formula is C24H21F5N4O3. The Balaban J connectivity index is 1.92. The molecule has 12 heteroatoms. The first kappa shape index (κ1) is 25.3. The predicted molar refractivity (Wildman–Crippen MR) is 121 cm³/mol. The van der Waals surface area contributed by atoms with Crippen LogP contribution in [0.25, 0.3) is 16.7 Å². The van der Waals surface area contributed by atoms with E-state index in [2.05, 4.69) is 4.98 Å². The van der Waals surface area contributed by atoms with Crippen molar-refractivity contribution in [3.63, 3.8) is 0 Å². The van der Waals surface area contributed by atoms with E-state index in [1.54, 1.807) is 12.2 Å². The Morgan fingerprint density at radius 3 is 2.50 bits per heavy atom. The van der Waals surface area contributed by atoms with Crippen molar-refractivity contribution >= 4 is 28.7 Å². The molecule has 0 bridgehead atoms. The van der Waals surface area contributed by atoms with Gasteiger partial charge >= 0.3 is 6.18 Å². The van der Waals surface area contributed by atoms with Crippen LogP contribution in [0.15, 0.2) is 41.3 Å². The van der Waals surface area contributed by atoms with Gasteiger partial charge < -0.3 is 5.32 Å². The second-order valence-corrected chi connectivity index (χ2v) is 8.53. The summed E-state index contributed by atoms with van der Waals surface area (Å²) in [5.41, 5.74) is -2.08. The molecule has 7 nitrogen and oxygen atoms in total. The van der Waals surface area contributed by atoms with Crippen LogP contribution in [-0.2, 0) is 4.79 Å². The summed E-state index contributed by atoms with van der Waals surface area (Å²) < 4.78 is 68.9. The molecule has 0 aliphatic carbocycles. The highest BCUT2D eigenvalue weighted by molar-refractivity contribution is 5.99. The number of rotatable bonds is 5. The maximum absolute atomic E-state index is 14.8. The summed E-state index contributed by atoms with van der Waals surface area (Å²) in [5, 5.41) is 1.59. The third-order valence-corrected chi connectivity index (χ3v) is 6.11. The maximum atomic E-state index is 14.8. The molecule has 1 saturated heterocycles. The van der Waals surface area contributed by atoms with Crippen LogP contribution in [0.3, 0.4) is 0 Å². The Bertz CT molecular complexity index is 1420. The topological polar surface area (TPSA) is 84.3 Å². The minimum absolute atomic E-state index is 0.158. The molecule has 3 heterocycles. The van der Waals surface area contributed by atoms with Gasteiger partial charge in [0.25, 0.3) is 5.91 Å². The molecule has 0 saturated carbocycles. The average molecular weight is 508 g/mol. The SMILES string of the molecule is CCC(NC(=O)c1cn(-c2ccc(F)cc2F)c2nc(N3CCC(C)C3=O)ccc2c1=O)C(F)(F)F. The van der Waals surface area contributed by atoms with E-state index in [9.17, 15) is 36.3 Å². The number of aromatic nitrogens is 2. The highest BCUT2D eigenvalue weighted by atomic mass is 19.4. The van der Waals surface area contributed by atoms with E-state index in [1.807, 2.05) is 0 Å². The largest absolute Gasteiger partial charge is 0.408 e. The standard InChI is InChI=1S/C24H21F5N4O3/c1-3-18(24(27,28)29)30-22(35)15-11-33(17-6-4-13(25)10-16(17)26)21-14(20(15)34)5-7-19(31-21)32-9-8-12(2)23(32)36/h4-7,10-12,18H,3,8-9H2,1-2H3,(H,30,35). The van der Waals surface area contributed by atoms with Crippen LogP contribution in [0.4, 0.5) is 27.8 Å². The summed E-state index contributed by atoms with van der Waals surface area (Å²) in [5.74, 6) is -3.53. The van der Waals surface area contributed by atoms with Gasteiger partial charge in [-0.1, -0.05) is 13.8 Å². The van der Waals surface area contributed by atoms with Crippen molar-refractivity contribution in [3.05, 3.63) is 63.9 Å². The van der Waals surface area contributed by atoms with Crippen LogP contribution in [0.2, 0.25) is 0 Å². The molecule has 2 aromatic heterocycles. The zero-order valence-corrected chi connectivity index (χ0v) is 19.2. The second kappa shape index (κ2) is 9.32. The van der Waals surface area contributed by atoms with Crippen LogP contribution in [0.5, 0.6) is 0 Å². The van der Waals surface area contributed by atoms with Gasteiger partial charge in [-0.2, -0.15) is 13.2 Å². The van der Waals surface area contributed by atoms with E-state index in [1.165, 1.54) is 24.0 Å². The number of hydrogen-bond donors (Lipinski definition) is 1. The third-order valence-electron chi connectivity index (χ3n) is 6.11. The Morgan fingerprint density at radius 2 is 1.92 bits per heavy atom. The van der Waals surface area contributed by atoms with Gasteiger partial charge in [0.1, 0.15) is 29.1 Å². The molecule has 3 aromatic rings. The van der Waals surface area contributed by atoms with Crippen molar-refractivity contribution in [2.45, 2.75) is 38.9 Å². The molecule has 1 aliphatic heterocycles. The van der Waals surface area contributed by atoms with E-state index >= 15 is 0 Å². The van der Waals surface area contributed by atoms with Crippen LogP contribution in [-0.4, -0.2) is 40.1 Å². The Labute approximate surface area is 201 Å². The molecule has 2 unspecified atom stereocenters. The molecule has 0 spiro atoms. The van der Waals surface area contributed by atoms with Crippen LogP contribution in [0, 0.1) is 17.6 Å². The first-order valence-electron chi connectivity index (χ1n) is 11.1. The molecular weight excluding hydrogens is 487 g/mol. The number of carbonyl (C=O) groups is 2. The van der Waals surface area contributed by atoms with E-state index in [-0.39, 0.29) is 34.4 Å². The van der Waals surface area contributed by atoms with E-state index in [0.717, 1.165) is 22.9 Å². The first-order chi connectivity index (χ1) is 16.9. The first-order valence-corrected chi connectivity index (χ1v) is 11.1. The highest BCUT2D eigenvalue weighted by Crippen LogP contribution is 2.27. The molecule has 36 heavy (non-hydrogen) atoms. The van der Waals surface area contributed by atoms with Gasteiger partial charge in [-0.25, -0.2) is 13.8 Å². The van der Waals surface area contributed by atoms with Crippen molar-refractivity contribution in [2.75, 3.05) is 11.4 Å². The number of fused-ring (bicyclic) bond motifs is 1. The number of pyridine rings is 2.